The molecular weight excluding hydrogens is 422 g/mol. The Morgan fingerprint density at radius 3 is 2.66 bits per heavy atom. The van der Waals surface area contributed by atoms with Gasteiger partial charge in [0, 0.05) is 32.0 Å². The van der Waals surface area contributed by atoms with E-state index >= 15 is 0 Å². The quantitative estimate of drug-likeness (QED) is 0.508. The highest BCUT2D eigenvalue weighted by Gasteiger charge is 2.25. The molecule has 1 fully saturated rings. The van der Waals surface area contributed by atoms with Crippen molar-refractivity contribution < 1.29 is 14.3 Å². The van der Waals surface area contributed by atoms with Gasteiger partial charge >= 0.3 is 0 Å². The summed E-state index contributed by atoms with van der Waals surface area (Å²) in [6.07, 6.45) is 2.98. The van der Waals surface area contributed by atoms with Crippen LogP contribution in [0.15, 0.2) is 48.5 Å². The number of aromatic nitrogens is 1. The van der Waals surface area contributed by atoms with E-state index in [2.05, 4.69) is 17.4 Å². The number of thiazole rings is 1. The van der Waals surface area contributed by atoms with E-state index in [0.29, 0.717) is 43.2 Å². The van der Waals surface area contributed by atoms with Gasteiger partial charge in [-0.25, -0.2) is 4.98 Å². The number of benzene rings is 2. The van der Waals surface area contributed by atoms with Crippen LogP contribution in [0.3, 0.4) is 0 Å². The van der Waals surface area contributed by atoms with E-state index in [-0.39, 0.29) is 11.8 Å². The first-order chi connectivity index (χ1) is 15.7. The third-order valence-electron chi connectivity index (χ3n) is 5.79. The monoisotopic (exact) mass is 451 g/mol. The Morgan fingerprint density at radius 2 is 1.88 bits per heavy atom. The first kappa shape index (κ1) is 22.3. The summed E-state index contributed by atoms with van der Waals surface area (Å²) in [5, 5.41) is 4.09. The molecule has 0 bridgehead atoms. The number of hydrogen-bond acceptors (Lipinski definition) is 5. The predicted octanol–water partition coefficient (Wildman–Crippen LogP) is 4.61. The number of rotatable bonds is 8. The van der Waals surface area contributed by atoms with Gasteiger partial charge < -0.3 is 15.0 Å². The lowest BCUT2D eigenvalue weighted by molar-refractivity contribution is -0.132. The van der Waals surface area contributed by atoms with Crippen molar-refractivity contribution in [3.05, 3.63) is 59.1 Å². The summed E-state index contributed by atoms with van der Waals surface area (Å²) in [5.74, 6) is 1.01. The number of hydrogen-bond donors (Lipinski definition) is 1. The van der Waals surface area contributed by atoms with Gasteiger partial charge in [-0.15, -0.1) is 11.3 Å². The van der Waals surface area contributed by atoms with Gasteiger partial charge in [-0.1, -0.05) is 24.3 Å². The van der Waals surface area contributed by atoms with E-state index in [1.807, 2.05) is 36.1 Å². The summed E-state index contributed by atoms with van der Waals surface area (Å²) in [4.78, 5) is 31.8. The fourth-order valence-electron chi connectivity index (χ4n) is 4.07. The molecule has 1 saturated heterocycles. The number of likely N-dealkylation sites (tertiary alicyclic amines) is 1. The van der Waals surface area contributed by atoms with Crippen molar-refractivity contribution in [2.24, 2.45) is 0 Å². The van der Waals surface area contributed by atoms with Crippen LogP contribution in [0.25, 0.3) is 10.2 Å². The Morgan fingerprint density at radius 1 is 1.12 bits per heavy atom. The highest BCUT2D eigenvalue weighted by atomic mass is 32.1. The topological polar surface area (TPSA) is 71.5 Å². The van der Waals surface area contributed by atoms with Crippen LogP contribution in [0.4, 0.5) is 0 Å². The normalized spacial score (nSPS) is 14.5. The van der Waals surface area contributed by atoms with E-state index in [9.17, 15) is 9.59 Å². The second kappa shape index (κ2) is 10.6. The summed E-state index contributed by atoms with van der Waals surface area (Å²) in [7, 11) is 0. The first-order valence-corrected chi connectivity index (χ1v) is 12.1. The molecule has 32 heavy (non-hydrogen) atoms. The average molecular weight is 452 g/mol. The predicted molar refractivity (Wildman–Crippen MR) is 127 cm³/mol. The number of amides is 2. The summed E-state index contributed by atoms with van der Waals surface area (Å²) in [6, 6.07) is 15.4. The smallest absolute Gasteiger partial charge is 0.255 e. The molecule has 168 valence electrons. The molecule has 0 aliphatic carbocycles. The third-order valence-corrected chi connectivity index (χ3v) is 6.99. The molecule has 0 atom stereocenters. The van der Waals surface area contributed by atoms with Crippen molar-refractivity contribution in [3.63, 3.8) is 0 Å². The van der Waals surface area contributed by atoms with Crippen molar-refractivity contribution in [2.75, 3.05) is 26.2 Å². The molecule has 1 aliphatic rings. The van der Waals surface area contributed by atoms with Crippen molar-refractivity contribution in [2.45, 2.75) is 38.5 Å². The molecular formula is C25H29N3O3S. The number of carbonyl (C=O) groups is 2. The fraction of sp³-hybridized carbons (Fsp3) is 0.400. The maximum Gasteiger partial charge on any atom is 0.255 e. The van der Waals surface area contributed by atoms with Gasteiger partial charge in [0.2, 0.25) is 5.91 Å². The molecule has 0 saturated carbocycles. The minimum atomic E-state index is -0.168. The molecule has 7 heteroatoms. The molecule has 0 unspecified atom stereocenters. The lowest BCUT2D eigenvalue weighted by atomic mass is 9.97. The minimum absolute atomic E-state index is 0.164. The van der Waals surface area contributed by atoms with Crippen molar-refractivity contribution >= 4 is 33.4 Å². The van der Waals surface area contributed by atoms with Crippen LogP contribution in [0.1, 0.15) is 53.9 Å². The first-order valence-electron chi connectivity index (χ1n) is 11.3. The fourth-order valence-corrected chi connectivity index (χ4v) is 5.21. The highest BCUT2D eigenvalue weighted by Crippen LogP contribution is 2.33. The second-order valence-corrected chi connectivity index (χ2v) is 9.03. The number of nitrogens with zero attached hydrogens (tertiary/aromatic N) is 2. The highest BCUT2D eigenvalue weighted by molar-refractivity contribution is 7.18. The van der Waals surface area contributed by atoms with Crippen molar-refractivity contribution in [3.8, 4) is 5.75 Å². The van der Waals surface area contributed by atoms with Gasteiger partial charge in [-0.3, -0.25) is 9.59 Å². The van der Waals surface area contributed by atoms with Gasteiger partial charge in [0.15, 0.2) is 0 Å². The van der Waals surface area contributed by atoms with Crippen LogP contribution in [0.2, 0.25) is 0 Å². The molecule has 1 aromatic heterocycles. The summed E-state index contributed by atoms with van der Waals surface area (Å²) >= 11 is 1.77. The molecule has 0 radical (unpaired) electrons. The number of carbonyl (C=O) groups excluding carboxylic acids is 2. The van der Waals surface area contributed by atoms with Gasteiger partial charge in [0.05, 0.1) is 27.4 Å². The number of para-hydroxylation sites is 2. The molecule has 2 heterocycles. The second-order valence-electron chi connectivity index (χ2n) is 7.96. The van der Waals surface area contributed by atoms with Crippen molar-refractivity contribution in [1.29, 1.82) is 0 Å². The Bertz CT molecular complexity index is 1040. The van der Waals surface area contributed by atoms with Gasteiger partial charge in [-0.05, 0) is 50.5 Å². The SMILES string of the molecule is CCOc1ccccc1C(=O)NCCCC(=O)N1CCC(c2nc3ccccc3s2)CC1. The van der Waals surface area contributed by atoms with E-state index in [0.717, 1.165) is 31.4 Å². The van der Waals surface area contributed by atoms with Crippen LogP contribution in [0.5, 0.6) is 5.75 Å². The maximum absolute atomic E-state index is 12.6. The molecule has 3 aromatic rings. The van der Waals surface area contributed by atoms with Crippen molar-refractivity contribution in [1.82, 2.24) is 15.2 Å². The Balaban J connectivity index is 1.20. The zero-order valence-electron chi connectivity index (χ0n) is 18.4. The van der Waals surface area contributed by atoms with E-state index in [1.165, 1.54) is 9.71 Å². The Kier molecular flexibility index (Phi) is 7.37. The standard InChI is InChI=1S/C25H29N3O3S/c1-2-31-21-10-5-3-8-19(21)24(30)26-15-7-12-23(29)28-16-13-18(14-17-28)25-27-20-9-4-6-11-22(20)32-25/h3-6,8-11,18H,2,7,12-17H2,1H3,(H,26,30). The van der Waals surface area contributed by atoms with Gasteiger partial charge in [0.25, 0.3) is 5.91 Å². The lowest BCUT2D eigenvalue weighted by Gasteiger charge is -2.31. The van der Waals surface area contributed by atoms with Crippen LogP contribution >= 0.6 is 11.3 Å². The Hall–Kier alpha value is -2.93. The number of piperidine rings is 1. The largest absolute Gasteiger partial charge is 0.493 e. The Labute approximate surface area is 192 Å². The molecule has 2 amide bonds. The summed E-state index contributed by atoms with van der Waals surface area (Å²) < 4.78 is 6.74. The van der Waals surface area contributed by atoms with Gasteiger partial charge in [-0.2, -0.15) is 0 Å². The average Bonchev–Trinajstić information content (AvgIpc) is 3.26. The van der Waals surface area contributed by atoms with E-state index < -0.39 is 0 Å². The lowest BCUT2D eigenvalue weighted by Crippen LogP contribution is -2.38. The molecule has 2 aromatic carbocycles. The maximum atomic E-state index is 12.6. The molecule has 4 rings (SSSR count). The number of ether oxygens (including phenoxy) is 1. The summed E-state index contributed by atoms with van der Waals surface area (Å²) in [5.41, 5.74) is 1.59. The summed E-state index contributed by atoms with van der Waals surface area (Å²) in [6.45, 7) is 4.41. The zero-order valence-corrected chi connectivity index (χ0v) is 19.2. The molecule has 1 aliphatic heterocycles. The molecule has 1 N–H and O–H groups in total. The third kappa shape index (κ3) is 5.27. The molecule has 6 nitrogen and oxygen atoms in total. The van der Waals surface area contributed by atoms with Gasteiger partial charge in [0.1, 0.15) is 5.75 Å². The van der Waals surface area contributed by atoms with Crippen LogP contribution in [-0.4, -0.2) is 47.9 Å². The van der Waals surface area contributed by atoms with Crippen LogP contribution in [0, 0.1) is 0 Å². The van der Waals surface area contributed by atoms with Crippen LogP contribution in [-0.2, 0) is 4.79 Å². The number of fused-ring (bicyclic) bond motifs is 1. The molecule has 0 spiro atoms. The minimum Gasteiger partial charge on any atom is -0.493 e. The van der Waals surface area contributed by atoms with E-state index in [1.54, 1.807) is 23.5 Å². The van der Waals surface area contributed by atoms with Crippen LogP contribution < -0.4 is 10.1 Å². The van der Waals surface area contributed by atoms with E-state index in [4.69, 9.17) is 9.72 Å². The zero-order chi connectivity index (χ0) is 22.3. The number of nitrogens with one attached hydrogen (secondary N) is 1.